The Balaban J connectivity index is 1.26. The summed E-state index contributed by atoms with van der Waals surface area (Å²) in [6.07, 6.45) is 0. The van der Waals surface area contributed by atoms with E-state index in [-0.39, 0.29) is 23.0 Å². The van der Waals surface area contributed by atoms with E-state index in [1.54, 1.807) is 0 Å². The van der Waals surface area contributed by atoms with Crippen molar-refractivity contribution in [3.05, 3.63) is 144 Å². The van der Waals surface area contributed by atoms with Crippen molar-refractivity contribution in [2.24, 2.45) is 0 Å². The lowest BCUT2D eigenvalue weighted by atomic mass is 9.34. The van der Waals surface area contributed by atoms with Gasteiger partial charge in [0.1, 0.15) is 0 Å². The molecule has 10 aromatic rings. The molecule has 58 heavy (non-hydrogen) atoms. The van der Waals surface area contributed by atoms with E-state index in [9.17, 15) is 0 Å². The molecule has 282 valence electrons. The van der Waals surface area contributed by atoms with Crippen molar-refractivity contribution < 1.29 is 0 Å². The first-order chi connectivity index (χ1) is 27.7. The number of aromatic nitrogens is 3. The fraction of sp³-hybridized carbons (Fsp3) is 0.222. The first-order valence-electron chi connectivity index (χ1n) is 21.1. The molecule has 2 aliphatic rings. The molecule has 0 saturated carbocycles. The number of fused-ring (bicyclic) bond motifs is 14. The zero-order chi connectivity index (χ0) is 39.8. The number of nitrogens with zero attached hydrogens (tertiary/aromatic N) is 3. The van der Waals surface area contributed by atoms with Gasteiger partial charge in [-0.3, -0.25) is 0 Å². The maximum atomic E-state index is 2.63. The summed E-state index contributed by atoms with van der Waals surface area (Å²) >= 11 is 0. The Kier molecular flexibility index (Phi) is 6.42. The van der Waals surface area contributed by atoms with Crippen LogP contribution in [-0.4, -0.2) is 20.4 Å². The lowest BCUT2D eigenvalue weighted by molar-refractivity contribution is 0.590. The minimum absolute atomic E-state index is 0.0190. The van der Waals surface area contributed by atoms with Crippen LogP contribution in [0.4, 0.5) is 0 Å². The van der Waals surface area contributed by atoms with E-state index < -0.39 is 0 Å². The minimum Gasteiger partial charge on any atom is -0.310 e. The van der Waals surface area contributed by atoms with Gasteiger partial charge in [-0.25, -0.2) is 0 Å². The molecule has 0 saturated heterocycles. The summed E-state index contributed by atoms with van der Waals surface area (Å²) in [4.78, 5) is 0. The second-order valence-electron chi connectivity index (χ2n) is 20.3. The van der Waals surface area contributed by atoms with Crippen LogP contribution in [0.15, 0.2) is 127 Å². The molecule has 0 radical (unpaired) electrons. The zero-order valence-corrected chi connectivity index (χ0v) is 35.0. The minimum atomic E-state index is -0.0276. The molecule has 0 amide bonds. The molecule has 0 N–H and O–H groups in total. The predicted octanol–water partition coefficient (Wildman–Crippen LogP) is 12.0. The average molecular weight is 750 g/mol. The van der Waals surface area contributed by atoms with Gasteiger partial charge in [-0.15, -0.1) is 0 Å². The molecule has 0 bridgehead atoms. The number of para-hydroxylation sites is 2. The Morgan fingerprint density at radius 3 is 1.62 bits per heavy atom. The van der Waals surface area contributed by atoms with Gasteiger partial charge in [0.05, 0.1) is 27.6 Å². The molecule has 0 unspecified atom stereocenters. The monoisotopic (exact) mass is 749 g/mol. The van der Waals surface area contributed by atoms with Crippen molar-refractivity contribution in [3.63, 3.8) is 0 Å². The van der Waals surface area contributed by atoms with Crippen LogP contribution in [0.3, 0.4) is 0 Å². The summed E-state index contributed by atoms with van der Waals surface area (Å²) in [6.45, 7) is 21.2. The first kappa shape index (κ1) is 34.1. The van der Waals surface area contributed by atoms with Gasteiger partial charge in [0, 0.05) is 54.9 Å². The van der Waals surface area contributed by atoms with Gasteiger partial charge in [-0.05, 0) is 104 Å². The highest BCUT2D eigenvalue weighted by atomic mass is 15.0. The SMILES string of the molecule is CC(C)(C)c1ccc2c(c1)-n1c3ccc(C(C)(C)C)cc3c3ccc4c(c31)B2c1cc(C(C)(C)C)cc2c3ccc(-n5c6ccccc6c6ccccc65)cc3n-4c12. The van der Waals surface area contributed by atoms with Crippen LogP contribution in [0.1, 0.15) is 79.0 Å². The van der Waals surface area contributed by atoms with E-state index in [4.69, 9.17) is 0 Å². The standard InChI is InChI=1S/C54H48BN3/c1-52(2,3)31-19-24-45-39(26-31)38-22-25-46-49-51(38)57(45)48-29-32(53(4,5)6)18-23-41(48)55(49)42-28-33(54(7,8)9)27-40-37-21-20-34(30-47(37)58(46)50(40)42)56-43-16-12-10-14-35(43)36-15-11-13-17-44(36)56/h10-30H,1-9H3. The molecule has 3 aromatic heterocycles. The Bertz CT molecular complexity index is 3400. The second kappa shape index (κ2) is 10.9. The van der Waals surface area contributed by atoms with Crippen molar-refractivity contribution in [2.75, 3.05) is 0 Å². The molecular weight excluding hydrogens is 701 g/mol. The Labute approximate surface area is 340 Å². The maximum Gasteiger partial charge on any atom is 0.252 e. The summed E-state index contributed by atoms with van der Waals surface area (Å²) in [5.41, 5.74) is 19.8. The van der Waals surface area contributed by atoms with E-state index >= 15 is 0 Å². The molecule has 0 atom stereocenters. The predicted molar refractivity (Wildman–Crippen MR) is 250 cm³/mol. The van der Waals surface area contributed by atoms with Crippen LogP contribution < -0.4 is 16.4 Å². The fourth-order valence-corrected chi connectivity index (χ4v) is 10.7. The smallest absolute Gasteiger partial charge is 0.252 e. The molecule has 12 rings (SSSR count). The van der Waals surface area contributed by atoms with Crippen molar-refractivity contribution >= 4 is 88.5 Å². The fourth-order valence-electron chi connectivity index (χ4n) is 10.7. The second-order valence-corrected chi connectivity index (χ2v) is 20.3. The van der Waals surface area contributed by atoms with Gasteiger partial charge >= 0.3 is 0 Å². The molecule has 5 heterocycles. The number of benzene rings is 7. The Morgan fingerprint density at radius 2 is 0.931 bits per heavy atom. The van der Waals surface area contributed by atoms with E-state index in [0.717, 1.165) is 0 Å². The van der Waals surface area contributed by atoms with Gasteiger partial charge in [0.2, 0.25) is 0 Å². The van der Waals surface area contributed by atoms with E-state index in [1.165, 1.54) is 116 Å². The zero-order valence-electron chi connectivity index (χ0n) is 35.0. The molecule has 4 heteroatoms. The largest absolute Gasteiger partial charge is 0.310 e. The molecule has 3 nitrogen and oxygen atoms in total. The highest BCUT2D eigenvalue weighted by Crippen LogP contribution is 2.43. The van der Waals surface area contributed by atoms with Gasteiger partial charge in [-0.2, -0.15) is 0 Å². The van der Waals surface area contributed by atoms with Crippen LogP contribution in [0, 0.1) is 0 Å². The molecular formula is C54H48BN3. The van der Waals surface area contributed by atoms with Crippen LogP contribution in [0.25, 0.3) is 82.5 Å². The third-order valence-electron chi connectivity index (χ3n) is 13.7. The average Bonchev–Trinajstić information content (AvgIpc) is 3.83. The summed E-state index contributed by atoms with van der Waals surface area (Å²) in [7, 11) is 0. The quantitative estimate of drug-likeness (QED) is 0.149. The van der Waals surface area contributed by atoms with Gasteiger partial charge < -0.3 is 13.7 Å². The number of hydrogen-bond acceptors (Lipinski definition) is 0. The van der Waals surface area contributed by atoms with Crippen LogP contribution in [-0.2, 0) is 16.2 Å². The normalized spacial score (nSPS) is 13.9. The van der Waals surface area contributed by atoms with Crippen molar-refractivity contribution in [1.82, 2.24) is 13.7 Å². The Morgan fingerprint density at radius 1 is 0.362 bits per heavy atom. The molecule has 7 aromatic carbocycles. The number of rotatable bonds is 1. The first-order valence-corrected chi connectivity index (χ1v) is 21.1. The maximum absolute atomic E-state index is 2.63. The molecule has 0 aliphatic carbocycles. The van der Waals surface area contributed by atoms with E-state index in [0.29, 0.717) is 0 Å². The van der Waals surface area contributed by atoms with Gasteiger partial charge in [-0.1, -0.05) is 135 Å². The van der Waals surface area contributed by atoms with E-state index in [1.807, 2.05) is 0 Å². The summed E-state index contributed by atoms with van der Waals surface area (Å²) in [5, 5.41) is 7.88. The highest BCUT2D eigenvalue weighted by Gasteiger charge is 2.42. The van der Waals surface area contributed by atoms with Crippen molar-refractivity contribution in [2.45, 2.75) is 78.6 Å². The highest BCUT2D eigenvalue weighted by molar-refractivity contribution is 7.00. The van der Waals surface area contributed by atoms with Crippen LogP contribution in [0.5, 0.6) is 0 Å². The molecule has 0 fully saturated rings. The van der Waals surface area contributed by atoms with Crippen molar-refractivity contribution in [1.29, 1.82) is 0 Å². The lowest BCUT2D eigenvalue weighted by Crippen LogP contribution is -2.59. The third-order valence-corrected chi connectivity index (χ3v) is 13.7. The topological polar surface area (TPSA) is 14.8 Å². The summed E-state index contributed by atoms with van der Waals surface area (Å²) < 4.78 is 7.72. The van der Waals surface area contributed by atoms with Crippen LogP contribution >= 0.6 is 0 Å². The lowest BCUT2D eigenvalue weighted by Gasteiger charge is -2.35. The third kappa shape index (κ3) is 4.36. The summed E-state index contributed by atoms with van der Waals surface area (Å²) in [6, 6.07) is 49.4. The Hall–Kier alpha value is -6.00. The number of hydrogen-bond donors (Lipinski definition) is 0. The van der Waals surface area contributed by atoms with Crippen LogP contribution in [0.2, 0.25) is 0 Å². The molecule has 0 spiro atoms. The molecule has 2 aliphatic heterocycles. The van der Waals surface area contributed by atoms with Crippen molar-refractivity contribution in [3.8, 4) is 17.1 Å². The van der Waals surface area contributed by atoms with E-state index in [2.05, 4.69) is 203 Å². The van der Waals surface area contributed by atoms with Gasteiger partial charge in [0.25, 0.3) is 6.71 Å². The summed E-state index contributed by atoms with van der Waals surface area (Å²) in [5.74, 6) is 0. The van der Waals surface area contributed by atoms with Gasteiger partial charge in [0.15, 0.2) is 0 Å².